The molecule has 0 bridgehead atoms. The lowest BCUT2D eigenvalue weighted by atomic mass is 10.2. The van der Waals surface area contributed by atoms with Crippen molar-refractivity contribution >= 4 is 20.7 Å². The average molecular weight is 411 g/mol. The summed E-state index contributed by atoms with van der Waals surface area (Å²) in [4.78, 5) is 7.26. The minimum atomic E-state index is -3.59. The zero-order valence-electron chi connectivity index (χ0n) is 16.5. The monoisotopic (exact) mass is 410 g/mol. The molecule has 4 rings (SSSR count). The molecule has 1 saturated heterocycles. The minimum absolute atomic E-state index is 0.193. The first kappa shape index (κ1) is 19.9. The van der Waals surface area contributed by atoms with Gasteiger partial charge in [-0.25, -0.2) is 8.42 Å². The molecule has 1 aliphatic heterocycles. The minimum Gasteiger partial charge on any atom is -0.492 e. The van der Waals surface area contributed by atoms with Gasteiger partial charge in [-0.15, -0.1) is 0 Å². The summed E-state index contributed by atoms with van der Waals surface area (Å²) >= 11 is 0. The molecule has 0 radical (unpaired) electrons. The largest absolute Gasteiger partial charge is 0.492 e. The van der Waals surface area contributed by atoms with Crippen molar-refractivity contribution in [2.24, 2.45) is 0 Å². The fourth-order valence-electron chi connectivity index (χ4n) is 3.71. The van der Waals surface area contributed by atoms with E-state index in [-0.39, 0.29) is 9.79 Å². The highest BCUT2D eigenvalue weighted by molar-refractivity contribution is 7.91. The van der Waals surface area contributed by atoms with Crippen LogP contribution in [0.5, 0.6) is 5.75 Å². The van der Waals surface area contributed by atoms with Crippen LogP contribution in [0.3, 0.4) is 0 Å². The number of benzene rings is 2. The van der Waals surface area contributed by atoms with Gasteiger partial charge in [0.15, 0.2) is 0 Å². The molecule has 3 aromatic rings. The van der Waals surface area contributed by atoms with Crippen molar-refractivity contribution in [3.63, 3.8) is 0 Å². The Balaban J connectivity index is 1.49. The molecule has 0 aliphatic carbocycles. The van der Waals surface area contributed by atoms with Crippen molar-refractivity contribution in [3.8, 4) is 5.75 Å². The molecule has 0 N–H and O–H groups in total. The Kier molecular flexibility index (Phi) is 6.11. The average Bonchev–Trinajstić information content (AvgIpc) is 3.03. The molecule has 6 heteroatoms. The van der Waals surface area contributed by atoms with E-state index < -0.39 is 9.84 Å². The van der Waals surface area contributed by atoms with E-state index in [0.717, 1.165) is 36.3 Å². The van der Waals surface area contributed by atoms with E-state index in [9.17, 15) is 8.42 Å². The normalized spacial score (nSPS) is 15.9. The number of ether oxygens (including phenoxy) is 1. The number of hydrogen-bond acceptors (Lipinski definition) is 5. The van der Waals surface area contributed by atoms with E-state index in [1.165, 1.54) is 31.9 Å². The van der Waals surface area contributed by atoms with Crippen LogP contribution in [0.15, 0.2) is 70.6 Å². The summed E-state index contributed by atoms with van der Waals surface area (Å²) in [5.41, 5.74) is 0.747. The van der Waals surface area contributed by atoms with E-state index >= 15 is 0 Å². The smallest absolute Gasteiger partial charge is 0.208 e. The third-order valence-corrected chi connectivity index (χ3v) is 7.10. The maximum absolute atomic E-state index is 12.9. The van der Waals surface area contributed by atoms with Gasteiger partial charge in [-0.1, -0.05) is 31.0 Å². The van der Waals surface area contributed by atoms with Crippen molar-refractivity contribution in [2.45, 2.75) is 35.5 Å². The van der Waals surface area contributed by atoms with Gasteiger partial charge in [-0.05, 0) is 62.3 Å². The van der Waals surface area contributed by atoms with Crippen LogP contribution in [0.2, 0.25) is 0 Å². The molecule has 0 amide bonds. The number of likely N-dealkylation sites (tertiary alicyclic amines) is 1. The number of fused-ring (bicyclic) bond motifs is 1. The number of hydrogen-bond donors (Lipinski definition) is 0. The molecule has 0 unspecified atom stereocenters. The van der Waals surface area contributed by atoms with Crippen LogP contribution in [0.1, 0.15) is 25.7 Å². The second kappa shape index (κ2) is 8.93. The van der Waals surface area contributed by atoms with Gasteiger partial charge >= 0.3 is 0 Å². The molecule has 152 valence electrons. The molecule has 1 fully saturated rings. The highest BCUT2D eigenvalue weighted by Gasteiger charge is 2.18. The van der Waals surface area contributed by atoms with E-state index in [4.69, 9.17) is 4.74 Å². The van der Waals surface area contributed by atoms with E-state index in [1.807, 2.05) is 18.2 Å². The Hall–Kier alpha value is -2.44. The predicted molar refractivity (Wildman–Crippen MR) is 114 cm³/mol. The lowest BCUT2D eigenvalue weighted by Crippen LogP contribution is -2.29. The third kappa shape index (κ3) is 4.77. The summed E-state index contributed by atoms with van der Waals surface area (Å²) in [6, 6.07) is 15.7. The molecule has 2 heterocycles. The summed E-state index contributed by atoms with van der Waals surface area (Å²) in [5.74, 6) is 0.739. The first-order chi connectivity index (χ1) is 14.1. The fraction of sp³-hybridized carbons (Fsp3) is 0.348. The Morgan fingerprint density at radius 3 is 2.41 bits per heavy atom. The Morgan fingerprint density at radius 1 is 0.897 bits per heavy atom. The SMILES string of the molecule is O=S(=O)(c1ccccc1)c1cnc2ccc(OCCN3CCCCCC3)cc2c1. The summed E-state index contributed by atoms with van der Waals surface area (Å²) in [6.07, 6.45) is 6.59. The Morgan fingerprint density at radius 2 is 1.66 bits per heavy atom. The van der Waals surface area contributed by atoms with Crippen LogP contribution < -0.4 is 4.74 Å². The summed E-state index contributed by atoms with van der Waals surface area (Å²) in [7, 11) is -3.59. The maximum Gasteiger partial charge on any atom is 0.208 e. The summed E-state index contributed by atoms with van der Waals surface area (Å²) < 4.78 is 31.7. The second-order valence-corrected chi connectivity index (χ2v) is 9.40. The number of nitrogens with zero attached hydrogens (tertiary/aromatic N) is 2. The van der Waals surface area contributed by atoms with E-state index in [1.54, 1.807) is 36.4 Å². The van der Waals surface area contributed by atoms with Gasteiger partial charge in [-0.2, -0.15) is 0 Å². The quantitative estimate of drug-likeness (QED) is 0.606. The van der Waals surface area contributed by atoms with Crippen LogP contribution in [-0.4, -0.2) is 44.5 Å². The molecule has 1 aromatic heterocycles. The van der Waals surface area contributed by atoms with Crippen LogP contribution >= 0.6 is 0 Å². The molecule has 0 saturated carbocycles. The predicted octanol–water partition coefficient (Wildman–Crippen LogP) is 4.32. The van der Waals surface area contributed by atoms with Crippen molar-refractivity contribution in [2.75, 3.05) is 26.2 Å². The zero-order valence-corrected chi connectivity index (χ0v) is 17.3. The first-order valence-corrected chi connectivity index (χ1v) is 11.7. The van der Waals surface area contributed by atoms with E-state index in [2.05, 4.69) is 9.88 Å². The van der Waals surface area contributed by atoms with Crippen molar-refractivity contribution < 1.29 is 13.2 Å². The van der Waals surface area contributed by atoms with Crippen LogP contribution in [0.4, 0.5) is 0 Å². The highest BCUT2D eigenvalue weighted by atomic mass is 32.2. The highest BCUT2D eigenvalue weighted by Crippen LogP contribution is 2.25. The van der Waals surface area contributed by atoms with Gasteiger partial charge in [-0.3, -0.25) is 9.88 Å². The number of rotatable bonds is 6. The van der Waals surface area contributed by atoms with Crippen LogP contribution in [0.25, 0.3) is 10.9 Å². The van der Waals surface area contributed by atoms with Gasteiger partial charge in [0.1, 0.15) is 12.4 Å². The van der Waals surface area contributed by atoms with Gasteiger partial charge in [0.25, 0.3) is 0 Å². The first-order valence-electron chi connectivity index (χ1n) is 10.2. The van der Waals surface area contributed by atoms with Gasteiger partial charge in [0, 0.05) is 18.1 Å². The van der Waals surface area contributed by atoms with Crippen LogP contribution in [-0.2, 0) is 9.84 Å². The van der Waals surface area contributed by atoms with Gasteiger partial charge < -0.3 is 4.74 Å². The maximum atomic E-state index is 12.9. The number of aromatic nitrogens is 1. The van der Waals surface area contributed by atoms with Crippen molar-refractivity contribution in [1.82, 2.24) is 9.88 Å². The molecule has 0 atom stereocenters. The third-order valence-electron chi connectivity index (χ3n) is 5.37. The van der Waals surface area contributed by atoms with Gasteiger partial charge in [0.05, 0.1) is 15.3 Å². The lowest BCUT2D eigenvalue weighted by Gasteiger charge is -2.19. The summed E-state index contributed by atoms with van der Waals surface area (Å²) in [6.45, 7) is 3.83. The number of sulfone groups is 1. The second-order valence-electron chi connectivity index (χ2n) is 7.45. The van der Waals surface area contributed by atoms with E-state index in [0.29, 0.717) is 6.61 Å². The van der Waals surface area contributed by atoms with Crippen molar-refractivity contribution in [1.29, 1.82) is 0 Å². The standard InChI is InChI=1S/C23H26N2O3S/c26-29(27,21-8-4-3-5-9-21)22-17-19-16-20(10-11-23(19)24-18-22)28-15-14-25-12-6-1-2-7-13-25/h3-5,8-11,16-18H,1-2,6-7,12-15H2. The molecule has 5 nitrogen and oxygen atoms in total. The molecule has 0 spiro atoms. The number of pyridine rings is 1. The molecular weight excluding hydrogens is 384 g/mol. The molecular formula is C23H26N2O3S. The van der Waals surface area contributed by atoms with Crippen LogP contribution in [0, 0.1) is 0 Å². The van der Waals surface area contributed by atoms with Gasteiger partial charge in [0.2, 0.25) is 9.84 Å². The molecule has 29 heavy (non-hydrogen) atoms. The Labute approximate surface area is 172 Å². The topological polar surface area (TPSA) is 59.5 Å². The lowest BCUT2D eigenvalue weighted by molar-refractivity contribution is 0.214. The molecule has 1 aliphatic rings. The Bertz CT molecular complexity index is 1060. The zero-order chi connectivity index (χ0) is 20.1. The fourth-order valence-corrected chi connectivity index (χ4v) is 4.98. The van der Waals surface area contributed by atoms with Crippen molar-refractivity contribution in [3.05, 3.63) is 60.8 Å². The molecule has 2 aromatic carbocycles. The summed E-state index contributed by atoms with van der Waals surface area (Å²) in [5, 5.41) is 0.759.